The molecule has 148 valence electrons. The number of amides is 2. The number of benzene rings is 3. The van der Waals surface area contributed by atoms with Gasteiger partial charge in [-0.2, -0.15) is 0 Å². The van der Waals surface area contributed by atoms with Gasteiger partial charge in [-0.25, -0.2) is 0 Å². The normalized spacial score (nSPS) is 11.7. The molecule has 3 rings (SSSR count). The molecule has 5 nitrogen and oxygen atoms in total. The van der Waals surface area contributed by atoms with Crippen molar-refractivity contribution in [1.29, 1.82) is 0 Å². The smallest absolute Gasteiger partial charge is 0.279 e. The monoisotopic (exact) mass is 388 g/mol. The molecule has 0 heterocycles. The number of carbonyl (C=O) groups excluding carboxylic acids is 2. The van der Waals surface area contributed by atoms with Crippen LogP contribution in [0.5, 0.6) is 0 Å². The van der Waals surface area contributed by atoms with Gasteiger partial charge in [0.2, 0.25) is 5.91 Å². The van der Waals surface area contributed by atoms with E-state index in [0.717, 1.165) is 4.90 Å². The number of quaternary nitrogens is 1. The van der Waals surface area contributed by atoms with E-state index in [1.54, 1.807) is 24.3 Å². The molecule has 3 aromatic carbocycles. The van der Waals surface area contributed by atoms with Crippen molar-refractivity contribution in [3.8, 4) is 0 Å². The zero-order chi connectivity index (χ0) is 20.6. The van der Waals surface area contributed by atoms with Crippen molar-refractivity contribution in [2.45, 2.75) is 13.0 Å². The van der Waals surface area contributed by atoms with Gasteiger partial charge >= 0.3 is 0 Å². The van der Waals surface area contributed by atoms with E-state index in [9.17, 15) is 9.59 Å². The minimum absolute atomic E-state index is 0.0605. The molecule has 0 aliphatic heterocycles. The van der Waals surface area contributed by atoms with Crippen LogP contribution in [0.15, 0.2) is 84.9 Å². The van der Waals surface area contributed by atoms with Crippen molar-refractivity contribution in [3.05, 3.63) is 96.1 Å². The highest BCUT2D eigenvalue weighted by molar-refractivity contribution is 5.92. The second-order valence-electron chi connectivity index (χ2n) is 7.08. The third kappa shape index (κ3) is 5.77. The van der Waals surface area contributed by atoms with Crippen LogP contribution in [0.2, 0.25) is 0 Å². The van der Waals surface area contributed by atoms with Gasteiger partial charge in [-0.15, -0.1) is 0 Å². The Bertz CT molecular complexity index is 901. The summed E-state index contributed by atoms with van der Waals surface area (Å²) >= 11 is 0. The molecule has 0 saturated heterocycles. The van der Waals surface area contributed by atoms with Gasteiger partial charge in [0, 0.05) is 29.4 Å². The summed E-state index contributed by atoms with van der Waals surface area (Å²) in [7, 11) is 2.03. The maximum atomic E-state index is 12.7. The highest BCUT2D eigenvalue weighted by Crippen LogP contribution is 2.18. The fraction of sp³-hybridized carbons (Fsp3) is 0.167. The van der Waals surface area contributed by atoms with Gasteiger partial charge in [0.1, 0.15) is 6.04 Å². The molecule has 1 atom stereocenters. The third-order valence-corrected chi connectivity index (χ3v) is 4.69. The molecule has 0 fully saturated rings. The molecule has 3 N–H and O–H groups in total. The maximum Gasteiger partial charge on any atom is 0.279 e. The van der Waals surface area contributed by atoms with E-state index in [0.29, 0.717) is 17.9 Å². The molecule has 0 aliphatic carbocycles. The first-order valence-electron chi connectivity index (χ1n) is 9.62. The van der Waals surface area contributed by atoms with Crippen LogP contribution in [0, 0.1) is 0 Å². The summed E-state index contributed by atoms with van der Waals surface area (Å²) in [6, 6.07) is 27.6. The van der Waals surface area contributed by atoms with Crippen LogP contribution in [0.25, 0.3) is 0 Å². The third-order valence-electron chi connectivity index (χ3n) is 4.69. The van der Waals surface area contributed by atoms with Crippen LogP contribution < -0.4 is 15.5 Å². The SMILES string of the molecule is CC(=O)Nc1ccc(NC(=O)C[NH+](C)C(c2ccccc2)c2ccccc2)cc1. The van der Waals surface area contributed by atoms with Crippen molar-refractivity contribution in [2.75, 3.05) is 24.2 Å². The van der Waals surface area contributed by atoms with Crippen LogP contribution in [0.4, 0.5) is 11.4 Å². The Morgan fingerprint density at radius 1 is 0.759 bits per heavy atom. The minimum atomic E-state index is -0.125. The second-order valence-corrected chi connectivity index (χ2v) is 7.08. The Kier molecular flexibility index (Phi) is 6.76. The number of rotatable bonds is 7. The molecular weight excluding hydrogens is 362 g/mol. The lowest BCUT2D eigenvalue weighted by atomic mass is 9.97. The zero-order valence-corrected chi connectivity index (χ0v) is 16.7. The summed E-state index contributed by atoms with van der Waals surface area (Å²) in [5.74, 6) is -0.188. The van der Waals surface area contributed by atoms with Gasteiger partial charge in [0.05, 0.1) is 7.05 Å². The number of hydrogen-bond donors (Lipinski definition) is 3. The summed E-state index contributed by atoms with van der Waals surface area (Å²) in [5.41, 5.74) is 3.74. The van der Waals surface area contributed by atoms with Crippen LogP contribution in [0.3, 0.4) is 0 Å². The van der Waals surface area contributed by atoms with Gasteiger partial charge in [-0.1, -0.05) is 60.7 Å². The molecule has 0 aromatic heterocycles. The van der Waals surface area contributed by atoms with E-state index >= 15 is 0 Å². The standard InChI is InChI=1S/C24H25N3O2/c1-18(28)25-21-13-15-22(16-14-21)26-23(29)17-27(2)24(19-9-5-3-6-10-19)20-11-7-4-8-12-20/h3-16,24H,17H2,1-2H3,(H,25,28)(H,26,29)/p+1. The summed E-state index contributed by atoms with van der Waals surface area (Å²) in [6.07, 6.45) is 0. The molecule has 3 aromatic rings. The van der Waals surface area contributed by atoms with Crippen molar-refractivity contribution >= 4 is 23.2 Å². The summed E-state index contributed by atoms with van der Waals surface area (Å²) in [6.45, 7) is 1.78. The van der Waals surface area contributed by atoms with Gasteiger partial charge < -0.3 is 15.5 Å². The summed E-state index contributed by atoms with van der Waals surface area (Å²) in [4.78, 5) is 24.8. The Hall–Kier alpha value is -3.44. The van der Waals surface area contributed by atoms with Crippen LogP contribution in [0.1, 0.15) is 24.1 Å². The largest absolute Gasteiger partial charge is 0.326 e. The van der Waals surface area contributed by atoms with Crippen LogP contribution in [-0.2, 0) is 9.59 Å². The Morgan fingerprint density at radius 3 is 1.66 bits per heavy atom. The number of carbonyl (C=O) groups is 2. The van der Waals surface area contributed by atoms with E-state index in [1.165, 1.54) is 18.1 Å². The van der Waals surface area contributed by atoms with Crippen molar-refractivity contribution in [2.24, 2.45) is 0 Å². The number of hydrogen-bond acceptors (Lipinski definition) is 2. The molecule has 0 aliphatic rings. The molecular formula is C24H26N3O2+. The molecule has 0 bridgehead atoms. The van der Waals surface area contributed by atoms with E-state index in [1.807, 2.05) is 43.4 Å². The fourth-order valence-electron chi connectivity index (χ4n) is 3.45. The van der Waals surface area contributed by atoms with Gasteiger partial charge in [0.15, 0.2) is 6.54 Å². The fourth-order valence-corrected chi connectivity index (χ4v) is 3.45. The predicted octanol–water partition coefficient (Wildman–Crippen LogP) is 2.89. The van der Waals surface area contributed by atoms with Crippen LogP contribution >= 0.6 is 0 Å². The lowest BCUT2D eigenvalue weighted by molar-refractivity contribution is -0.897. The average molecular weight is 388 g/mol. The Balaban J connectivity index is 1.70. The predicted molar refractivity (Wildman–Crippen MR) is 116 cm³/mol. The first-order chi connectivity index (χ1) is 14.0. The first kappa shape index (κ1) is 20.3. The lowest BCUT2D eigenvalue weighted by Crippen LogP contribution is -3.10. The number of anilines is 2. The van der Waals surface area contributed by atoms with E-state index in [-0.39, 0.29) is 17.9 Å². The minimum Gasteiger partial charge on any atom is -0.326 e. The lowest BCUT2D eigenvalue weighted by Gasteiger charge is -2.25. The number of likely N-dealkylation sites (N-methyl/N-ethyl adjacent to an activating group) is 1. The quantitative estimate of drug-likeness (QED) is 0.583. The van der Waals surface area contributed by atoms with Gasteiger partial charge in [-0.3, -0.25) is 9.59 Å². The molecule has 2 amide bonds. The molecule has 29 heavy (non-hydrogen) atoms. The molecule has 0 spiro atoms. The highest BCUT2D eigenvalue weighted by atomic mass is 16.2. The zero-order valence-electron chi connectivity index (χ0n) is 16.7. The highest BCUT2D eigenvalue weighted by Gasteiger charge is 2.24. The van der Waals surface area contributed by atoms with E-state index in [4.69, 9.17) is 0 Å². The number of nitrogens with one attached hydrogen (secondary N) is 3. The average Bonchev–Trinajstić information content (AvgIpc) is 2.71. The van der Waals surface area contributed by atoms with Crippen molar-refractivity contribution in [3.63, 3.8) is 0 Å². The van der Waals surface area contributed by atoms with Gasteiger partial charge in [-0.05, 0) is 24.3 Å². The Morgan fingerprint density at radius 2 is 1.21 bits per heavy atom. The van der Waals surface area contributed by atoms with Crippen molar-refractivity contribution < 1.29 is 14.5 Å². The van der Waals surface area contributed by atoms with E-state index in [2.05, 4.69) is 34.9 Å². The molecule has 5 heteroatoms. The topological polar surface area (TPSA) is 62.6 Å². The van der Waals surface area contributed by atoms with Crippen LogP contribution in [-0.4, -0.2) is 25.4 Å². The summed E-state index contributed by atoms with van der Waals surface area (Å²) in [5, 5.41) is 5.65. The van der Waals surface area contributed by atoms with Gasteiger partial charge in [0.25, 0.3) is 5.91 Å². The first-order valence-corrected chi connectivity index (χ1v) is 9.62. The summed E-state index contributed by atoms with van der Waals surface area (Å²) < 4.78 is 0. The maximum absolute atomic E-state index is 12.7. The molecule has 1 unspecified atom stereocenters. The van der Waals surface area contributed by atoms with Crippen molar-refractivity contribution in [1.82, 2.24) is 0 Å². The second kappa shape index (κ2) is 9.66. The van der Waals surface area contributed by atoms with E-state index < -0.39 is 0 Å². The Labute approximate surface area is 171 Å². The molecule has 0 saturated carbocycles. The molecule has 0 radical (unpaired) electrons.